The predicted molar refractivity (Wildman–Crippen MR) is 87.2 cm³/mol. The summed E-state index contributed by atoms with van der Waals surface area (Å²) in [6.45, 7) is 4.73. The molecule has 4 rings (SSSR count). The van der Waals surface area contributed by atoms with Gasteiger partial charge in [0, 0.05) is 18.3 Å². The fraction of sp³-hybridized carbons (Fsp3) is 0.750. The Morgan fingerprint density at radius 1 is 1.09 bits per heavy atom. The molecule has 2 saturated carbocycles. The lowest BCUT2D eigenvalue weighted by molar-refractivity contribution is -0.131. The summed E-state index contributed by atoms with van der Waals surface area (Å²) in [5, 5.41) is 0. The van der Waals surface area contributed by atoms with Crippen molar-refractivity contribution in [3.8, 4) is 0 Å². The Balaban J connectivity index is 1.71. The normalized spacial score (nSPS) is 47.0. The Kier molecular flexibility index (Phi) is 3.12. The van der Waals surface area contributed by atoms with E-state index in [2.05, 4.69) is 26.0 Å². The van der Waals surface area contributed by atoms with Gasteiger partial charge in [0.2, 0.25) is 0 Å². The van der Waals surface area contributed by atoms with Gasteiger partial charge in [-0.05, 0) is 66.9 Å². The molecule has 0 aromatic heterocycles. The molecule has 4 aliphatic carbocycles. The van der Waals surface area contributed by atoms with Crippen LogP contribution < -0.4 is 0 Å². The van der Waals surface area contributed by atoms with Crippen molar-refractivity contribution in [1.82, 2.24) is 0 Å². The molecule has 0 aromatic rings. The number of fused-ring (bicyclic) bond motifs is 5. The van der Waals surface area contributed by atoms with E-state index in [9.17, 15) is 4.79 Å². The highest BCUT2D eigenvalue weighted by atomic mass is 16.5. The lowest BCUT2D eigenvalue weighted by Crippen LogP contribution is -2.49. The number of carbonyl (C=O) groups excluding carboxylic acids is 1. The Labute approximate surface area is 134 Å². The molecule has 2 nitrogen and oxygen atoms in total. The maximum atomic E-state index is 12.4. The first kappa shape index (κ1) is 14.5. The second kappa shape index (κ2) is 4.72. The van der Waals surface area contributed by atoms with Crippen molar-refractivity contribution < 1.29 is 9.53 Å². The SMILES string of the molecule is COC1=CC2=CC[C@H]3[C@@H]4CCC(=O)[C@]4(C)CC[C@@H]3[C@@]2(C)CC1. The minimum Gasteiger partial charge on any atom is -0.501 e. The lowest BCUT2D eigenvalue weighted by Gasteiger charge is -2.55. The first-order chi connectivity index (χ1) is 10.5. The molecule has 2 heteroatoms. The van der Waals surface area contributed by atoms with Crippen LogP contribution in [0.3, 0.4) is 0 Å². The highest BCUT2D eigenvalue weighted by Gasteiger charge is 2.58. The highest BCUT2D eigenvalue weighted by Crippen LogP contribution is 2.63. The zero-order chi connectivity index (χ0) is 15.5. The van der Waals surface area contributed by atoms with Crippen molar-refractivity contribution in [2.45, 2.75) is 58.8 Å². The topological polar surface area (TPSA) is 26.3 Å². The molecular formula is C20H28O2. The molecule has 0 radical (unpaired) electrons. The van der Waals surface area contributed by atoms with Crippen LogP contribution in [-0.4, -0.2) is 12.9 Å². The van der Waals surface area contributed by atoms with Crippen LogP contribution in [0.5, 0.6) is 0 Å². The first-order valence-electron chi connectivity index (χ1n) is 8.97. The van der Waals surface area contributed by atoms with Gasteiger partial charge in [-0.15, -0.1) is 0 Å². The van der Waals surface area contributed by atoms with Gasteiger partial charge in [-0.3, -0.25) is 4.79 Å². The van der Waals surface area contributed by atoms with Gasteiger partial charge >= 0.3 is 0 Å². The standard InChI is InChI=1S/C20H28O2/c1-19-10-8-14(22-3)12-13(19)4-5-15-16-6-7-18(21)20(16,2)11-9-17(15)19/h4,12,15-17H,5-11H2,1-3H3/t15-,16-,17-,19-,20+/m0/s1. The van der Waals surface area contributed by atoms with E-state index in [0.717, 1.165) is 49.7 Å². The average Bonchev–Trinajstić information content (AvgIpc) is 2.82. The lowest BCUT2D eigenvalue weighted by atomic mass is 9.49. The minimum absolute atomic E-state index is 0.00886. The van der Waals surface area contributed by atoms with Gasteiger partial charge in [-0.1, -0.05) is 19.9 Å². The second-order valence-electron chi connectivity index (χ2n) is 8.42. The molecule has 4 aliphatic rings. The Morgan fingerprint density at radius 2 is 1.86 bits per heavy atom. The van der Waals surface area contributed by atoms with E-state index < -0.39 is 0 Å². The number of carbonyl (C=O) groups is 1. The van der Waals surface area contributed by atoms with E-state index in [1.54, 1.807) is 7.11 Å². The first-order valence-corrected chi connectivity index (χ1v) is 8.97. The van der Waals surface area contributed by atoms with Crippen LogP contribution >= 0.6 is 0 Å². The quantitative estimate of drug-likeness (QED) is 0.704. The molecule has 0 aliphatic heterocycles. The van der Waals surface area contributed by atoms with Gasteiger partial charge in [0.25, 0.3) is 0 Å². The number of rotatable bonds is 1. The van der Waals surface area contributed by atoms with Crippen molar-refractivity contribution in [2.75, 3.05) is 7.11 Å². The highest BCUT2D eigenvalue weighted by molar-refractivity contribution is 5.87. The summed E-state index contributed by atoms with van der Waals surface area (Å²) in [5.41, 5.74) is 1.80. The number of ketones is 1. The molecule has 0 heterocycles. The van der Waals surface area contributed by atoms with Crippen molar-refractivity contribution in [2.24, 2.45) is 28.6 Å². The fourth-order valence-electron chi connectivity index (χ4n) is 6.23. The molecule has 5 atom stereocenters. The maximum absolute atomic E-state index is 12.4. The number of Topliss-reactive ketones (excluding diaryl/α,β-unsaturated/α-hetero) is 1. The van der Waals surface area contributed by atoms with Crippen LogP contribution in [0.1, 0.15) is 58.8 Å². The summed E-state index contributed by atoms with van der Waals surface area (Å²) in [7, 11) is 1.79. The van der Waals surface area contributed by atoms with Gasteiger partial charge < -0.3 is 4.74 Å². The molecule has 0 amide bonds. The fourth-order valence-corrected chi connectivity index (χ4v) is 6.23. The van der Waals surface area contributed by atoms with E-state index in [4.69, 9.17) is 4.74 Å². The third kappa shape index (κ3) is 1.76. The summed E-state index contributed by atoms with van der Waals surface area (Å²) in [4.78, 5) is 12.4. The van der Waals surface area contributed by atoms with Crippen LogP contribution in [0.15, 0.2) is 23.5 Å². The van der Waals surface area contributed by atoms with E-state index in [-0.39, 0.29) is 5.41 Å². The zero-order valence-electron chi connectivity index (χ0n) is 14.2. The van der Waals surface area contributed by atoms with Crippen LogP contribution in [0.2, 0.25) is 0 Å². The summed E-state index contributed by atoms with van der Waals surface area (Å²) >= 11 is 0. The molecule has 120 valence electrons. The van der Waals surface area contributed by atoms with Crippen LogP contribution in [0, 0.1) is 28.6 Å². The molecule has 0 saturated heterocycles. The summed E-state index contributed by atoms with van der Waals surface area (Å²) < 4.78 is 5.50. The van der Waals surface area contributed by atoms with Gasteiger partial charge in [-0.25, -0.2) is 0 Å². The monoisotopic (exact) mass is 300 g/mol. The second-order valence-corrected chi connectivity index (χ2v) is 8.42. The number of hydrogen-bond acceptors (Lipinski definition) is 2. The van der Waals surface area contributed by atoms with Crippen LogP contribution in [0.4, 0.5) is 0 Å². The molecule has 0 bridgehead atoms. The predicted octanol–water partition coefficient (Wildman–Crippen LogP) is 4.66. The van der Waals surface area contributed by atoms with Gasteiger partial charge in [-0.2, -0.15) is 0 Å². The molecule has 0 unspecified atom stereocenters. The molecule has 0 aromatic carbocycles. The third-order valence-corrected chi connectivity index (χ3v) is 7.70. The van der Waals surface area contributed by atoms with Crippen molar-refractivity contribution >= 4 is 5.78 Å². The molecule has 2 fully saturated rings. The van der Waals surface area contributed by atoms with Crippen molar-refractivity contribution in [3.63, 3.8) is 0 Å². The van der Waals surface area contributed by atoms with Gasteiger partial charge in [0.1, 0.15) is 5.78 Å². The van der Waals surface area contributed by atoms with Gasteiger partial charge in [0.05, 0.1) is 12.9 Å². The minimum atomic E-state index is -0.00886. The van der Waals surface area contributed by atoms with E-state index in [1.807, 2.05) is 0 Å². The molecule has 22 heavy (non-hydrogen) atoms. The number of hydrogen-bond donors (Lipinski definition) is 0. The summed E-state index contributed by atoms with van der Waals surface area (Å²) in [6, 6.07) is 0. The van der Waals surface area contributed by atoms with Crippen LogP contribution in [-0.2, 0) is 9.53 Å². The average molecular weight is 300 g/mol. The third-order valence-electron chi connectivity index (χ3n) is 7.70. The summed E-state index contributed by atoms with van der Waals surface area (Å²) in [6.07, 6.45) is 12.5. The van der Waals surface area contributed by atoms with Crippen molar-refractivity contribution in [1.29, 1.82) is 0 Å². The van der Waals surface area contributed by atoms with Crippen molar-refractivity contribution in [3.05, 3.63) is 23.5 Å². The Bertz CT molecular complexity index is 572. The number of methoxy groups -OCH3 is 1. The smallest absolute Gasteiger partial charge is 0.139 e. The number of ether oxygens (including phenoxy) is 1. The Hall–Kier alpha value is -1.05. The van der Waals surface area contributed by atoms with E-state index in [0.29, 0.717) is 17.1 Å². The largest absolute Gasteiger partial charge is 0.501 e. The van der Waals surface area contributed by atoms with E-state index >= 15 is 0 Å². The molecule has 0 N–H and O–H groups in total. The Morgan fingerprint density at radius 3 is 2.64 bits per heavy atom. The molecule has 0 spiro atoms. The maximum Gasteiger partial charge on any atom is 0.139 e. The zero-order valence-corrected chi connectivity index (χ0v) is 14.2. The van der Waals surface area contributed by atoms with Gasteiger partial charge in [0.15, 0.2) is 0 Å². The summed E-state index contributed by atoms with van der Waals surface area (Å²) in [5.74, 6) is 3.78. The number of allylic oxidation sites excluding steroid dienone is 4. The van der Waals surface area contributed by atoms with Crippen LogP contribution in [0.25, 0.3) is 0 Å². The molecular weight excluding hydrogens is 272 g/mol. The van der Waals surface area contributed by atoms with E-state index in [1.165, 1.54) is 18.4 Å².